The smallest absolute Gasteiger partial charge is 0.368 e. The van der Waals surface area contributed by atoms with E-state index in [2.05, 4.69) is 25.5 Å². The fourth-order valence-electron chi connectivity index (χ4n) is 4.38. The van der Waals surface area contributed by atoms with Gasteiger partial charge >= 0.3 is 6.18 Å². The van der Waals surface area contributed by atoms with E-state index in [1.807, 2.05) is 11.8 Å². The number of aromatic nitrogens is 5. The van der Waals surface area contributed by atoms with Crippen molar-refractivity contribution in [2.75, 3.05) is 18.4 Å². The summed E-state index contributed by atoms with van der Waals surface area (Å²) in [5.74, 6) is 1.18. The number of alkyl halides is 3. The molecule has 1 amide bonds. The van der Waals surface area contributed by atoms with Gasteiger partial charge in [0.05, 0.1) is 18.0 Å². The molecule has 1 aliphatic heterocycles. The fourth-order valence-corrected chi connectivity index (χ4v) is 4.38. The molecular weight excluding hydrogens is 435 g/mol. The van der Waals surface area contributed by atoms with Gasteiger partial charge in [0.2, 0.25) is 0 Å². The molecule has 3 aromatic heterocycles. The van der Waals surface area contributed by atoms with Crippen LogP contribution in [0, 0.1) is 18.8 Å². The Kier molecular flexibility index (Phi) is 5.26. The second-order valence-electron chi connectivity index (χ2n) is 8.55. The number of amides is 1. The van der Waals surface area contributed by atoms with Crippen molar-refractivity contribution in [1.29, 1.82) is 0 Å². The topological polar surface area (TPSA) is 88.8 Å². The molecule has 1 saturated heterocycles. The van der Waals surface area contributed by atoms with Gasteiger partial charge in [0.25, 0.3) is 5.91 Å². The van der Waals surface area contributed by atoms with E-state index in [9.17, 15) is 18.0 Å². The maximum absolute atomic E-state index is 13.6. The summed E-state index contributed by atoms with van der Waals surface area (Å²) in [6.07, 6.45) is 1.35. The van der Waals surface area contributed by atoms with Crippen molar-refractivity contribution in [2.24, 2.45) is 11.8 Å². The molecule has 0 bridgehead atoms. The highest BCUT2D eigenvalue weighted by atomic mass is 19.4. The Morgan fingerprint density at radius 1 is 1.12 bits per heavy atom. The Morgan fingerprint density at radius 3 is 2.61 bits per heavy atom. The van der Waals surface area contributed by atoms with Gasteiger partial charge in [-0.15, -0.1) is 4.80 Å². The molecule has 2 fully saturated rings. The number of nitrogens with zero attached hydrogens (tertiary/aromatic N) is 6. The number of carbonyl (C=O) groups excluding carboxylic acids is 1. The Balaban J connectivity index is 1.36. The Hall–Kier alpha value is -3.50. The lowest BCUT2D eigenvalue weighted by molar-refractivity contribution is -0.137. The molecule has 5 rings (SSSR count). The van der Waals surface area contributed by atoms with E-state index >= 15 is 0 Å². The lowest BCUT2D eigenvalue weighted by Crippen LogP contribution is -2.48. The van der Waals surface area contributed by atoms with Crippen LogP contribution in [0.5, 0.6) is 0 Å². The molecule has 3 atom stereocenters. The maximum atomic E-state index is 13.6. The number of carbonyl (C=O) groups is 1. The van der Waals surface area contributed by atoms with Gasteiger partial charge in [-0.05, 0) is 55.9 Å². The summed E-state index contributed by atoms with van der Waals surface area (Å²) in [4.78, 5) is 25.2. The van der Waals surface area contributed by atoms with E-state index in [1.165, 1.54) is 23.3 Å². The summed E-state index contributed by atoms with van der Waals surface area (Å²) in [6, 6.07) is 5.75. The van der Waals surface area contributed by atoms with Crippen molar-refractivity contribution in [1.82, 2.24) is 29.9 Å². The van der Waals surface area contributed by atoms with Crippen molar-refractivity contribution >= 4 is 11.7 Å². The molecule has 8 nitrogen and oxygen atoms in total. The van der Waals surface area contributed by atoms with Crippen LogP contribution >= 0.6 is 0 Å². The number of piperidine rings is 1. The zero-order chi connectivity index (χ0) is 23.2. The largest absolute Gasteiger partial charge is 0.417 e. The minimum atomic E-state index is -4.43. The van der Waals surface area contributed by atoms with Crippen LogP contribution in [0.4, 0.5) is 19.0 Å². The standard InChI is InChI=1S/C22H22F3N7O/c1-13-2-4-18(32-28-6-7-29-32)20(30-13)21(33)31-12-15-8-14(15)9-17(31)11-27-19-5-3-16(10-26-19)22(23,24)25/h2-7,10,14-15,17H,8-9,11-12H2,1H3,(H,26,27)/t14-,15+,17?/m1/s1. The highest BCUT2D eigenvalue weighted by Crippen LogP contribution is 2.47. The third-order valence-electron chi connectivity index (χ3n) is 6.24. The lowest BCUT2D eigenvalue weighted by atomic mass is 10.0. The van der Waals surface area contributed by atoms with Crippen LogP contribution in [-0.2, 0) is 6.18 Å². The van der Waals surface area contributed by atoms with E-state index < -0.39 is 11.7 Å². The van der Waals surface area contributed by atoms with E-state index in [0.717, 1.165) is 25.1 Å². The quantitative estimate of drug-likeness (QED) is 0.632. The van der Waals surface area contributed by atoms with Crippen LogP contribution < -0.4 is 5.32 Å². The molecule has 0 aromatic carbocycles. The molecule has 1 aliphatic carbocycles. The number of halogens is 3. The molecule has 3 aromatic rings. The number of nitrogens with one attached hydrogen (secondary N) is 1. The van der Waals surface area contributed by atoms with Crippen LogP contribution in [0.15, 0.2) is 42.9 Å². The number of rotatable bonds is 5. The fraction of sp³-hybridized carbons (Fsp3) is 0.409. The van der Waals surface area contributed by atoms with Crippen LogP contribution in [-0.4, -0.2) is 54.9 Å². The first kappa shape index (κ1) is 21.4. The first-order chi connectivity index (χ1) is 15.8. The molecule has 1 N–H and O–H groups in total. The number of hydrogen-bond acceptors (Lipinski definition) is 6. The average Bonchev–Trinajstić information content (AvgIpc) is 3.34. The van der Waals surface area contributed by atoms with Gasteiger partial charge in [0.15, 0.2) is 5.69 Å². The van der Waals surface area contributed by atoms with Crippen molar-refractivity contribution in [2.45, 2.75) is 32.0 Å². The van der Waals surface area contributed by atoms with Crippen molar-refractivity contribution in [3.05, 3.63) is 59.8 Å². The van der Waals surface area contributed by atoms with Gasteiger partial charge in [-0.25, -0.2) is 9.97 Å². The predicted molar refractivity (Wildman–Crippen MR) is 113 cm³/mol. The number of anilines is 1. The Labute approximate surface area is 187 Å². The number of hydrogen-bond donors (Lipinski definition) is 1. The van der Waals surface area contributed by atoms with Crippen LogP contribution in [0.25, 0.3) is 5.69 Å². The molecule has 1 saturated carbocycles. The van der Waals surface area contributed by atoms with E-state index in [-0.39, 0.29) is 17.6 Å². The first-order valence-electron chi connectivity index (χ1n) is 10.7. The lowest BCUT2D eigenvalue weighted by Gasteiger charge is -2.35. The SMILES string of the molecule is Cc1ccc(-n2nccn2)c(C(=O)N2C[C@@H]3C[C@@H]3CC2CNc2ccc(C(F)(F)F)cn2)n1. The van der Waals surface area contributed by atoms with Crippen molar-refractivity contribution in [3.63, 3.8) is 0 Å². The zero-order valence-electron chi connectivity index (χ0n) is 17.8. The predicted octanol–water partition coefficient (Wildman–Crippen LogP) is 3.35. The van der Waals surface area contributed by atoms with Crippen LogP contribution in [0.1, 0.15) is 34.6 Å². The molecule has 172 valence electrons. The minimum absolute atomic E-state index is 0.133. The third-order valence-corrected chi connectivity index (χ3v) is 6.24. The molecule has 33 heavy (non-hydrogen) atoms. The molecule has 0 spiro atoms. The molecule has 11 heteroatoms. The van der Waals surface area contributed by atoms with Gasteiger partial charge in [0, 0.05) is 31.0 Å². The summed E-state index contributed by atoms with van der Waals surface area (Å²) in [6.45, 7) is 2.83. The van der Waals surface area contributed by atoms with Crippen molar-refractivity contribution in [3.8, 4) is 5.69 Å². The summed E-state index contributed by atoms with van der Waals surface area (Å²) in [5.41, 5.74) is 0.695. The molecule has 1 unspecified atom stereocenters. The molecule has 4 heterocycles. The summed E-state index contributed by atoms with van der Waals surface area (Å²) in [5, 5.41) is 11.4. The van der Waals surface area contributed by atoms with Crippen LogP contribution in [0.3, 0.4) is 0 Å². The molecule has 2 aliphatic rings. The molecular formula is C22H22F3N7O. The number of fused-ring (bicyclic) bond motifs is 1. The first-order valence-corrected chi connectivity index (χ1v) is 10.7. The van der Waals surface area contributed by atoms with E-state index in [4.69, 9.17) is 0 Å². The second kappa shape index (κ2) is 8.13. The van der Waals surface area contributed by atoms with Gasteiger partial charge < -0.3 is 10.2 Å². The Morgan fingerprint density at radius 2 is 1.91 bits per heavy atom. The molecule has 0 radical (unpaired) electrons. The summed E-state index contributed by atoms with van der Waals surface area (Å²) >= 11 is 0. The Bertz CT molecular complexity index is 1150. The number of aryl methyl sites for hydroxylation is 1. The minimum Gasteiger partial charge on any atom is -0.368 e. The van der Waals surface area contributed by atoms with Crippen molar-refractivity contribution < 1.29 is 18.0 Å². The number of likely N-dealkylation sites (tertiary alicyclic amines) is 1. The van der Waals surface area contributed by atoms with Crippen LogP contribution in [0.2, 0.25) is 0 Å². The van der Waals surface area contributed by atoms with Gasteiger partial charge in [-0.1, -0.05) is 0 Å². The van der Waals surface area contributed by atoms with Gasteiger partial charge in [-0.3, -0.25) is 4.79 Å². The zero-order valence-corrected chi connectivity index (χ0v) is 17.8. The highest BCUT2D eigenvalue weighted by Gasteiger charge is 2.47. The average molecular weight is 457 g/mol. The number of pyridine rings is 2. The van der Waals surface area contributed by atoms with E-state index in [1.54, 1.807) is 12.1 Å². The maximum Gasteiger partial charge on any atom is 0.417 e. The van der Waals surface area contributed by atoms with Gasteiger partial charge in [-0.2, -0.15) is 23.4 Å². The third kappa shape index (κ3) is 4.39. The summed E-state index contributed by atoms with van der Waals surface area (Å²) < 4.78 is 38.4. The highest BCUT2D eigenvalue weighted by molar-refractivity contribution is 5.96. The second-order valence-corrected chi connectivity index (χ2v) is 8.55. The normalized spacial score (nSPS) is 22.1. The van der Waals surface area contributed by atoms with E-state index in [0.29, 0.717) is 42.1 Å². The monoisotopic (exact) mass is 457 g/mol. The summed E-state index contributed by atoms with van der Waals surface area (Å²) in [7, 11) is 0. The van der Waals surface area contributed by atoms with Gasteiger partial charge in [0.1, 0.15) is 11.5 Å².